The number of fused-ring (bicyclic) bond motifs is 1. The minimum absolute atomic E-state index is 0.0317. The van der Waals surface area contributed by atoms with E-state index in [4.69, 9.17) is 15.2 Å². The molecule has 15 heteroatoms. The number of hydrogen-bond acceptors (Lipinski definition) is 11. The maximum atomic E-state index is 12.5. The minimum atomic E-state index is -1.41. The number of aliphatic hydroxyl groups excluding tert-OH is 2. The van der Waals surface area contributed by atoms with Gasteiger partial charge in [-0.05, 0) is 44.9 Å². The van der Waals surface area contributed by atoms with Crippen molar-refractivity contribution >= 4 is 34.9 Å². The second-order valence-electron chi connectivity index (χ2n) is 11.3. The molecule has 5 N–H and O–H groups in total. The van der Waals surface area contributed by atoms with Crippen molar-refractivity contribution in [2.45, 2.75) is 70.0 Å². The predicted octanol–water partition coefficient (Wildman–Crippen LogP) is -0.187. The van der Waals surface area contributed by atoms with Gasteiger partial charge in [0.05, 0.1) is 12.2 Å². The van der Waals surface area contributed by atoms with Crippen LogP contribution >= 0.6 is 0 Å². The average molecular weight is 589 g/mol. The number of amides is 3. The van der Waals surface area contributed by atoms with E-state index in [1.165, 1.54) is 10.9 Å². The van der Waals surface area contributed by atoms with Gasteiger partial charge in [0.15, 0.2) is 23.8 Å². The fourth-order valence-corrected chi connectivity index (χ4v) is 5.93. The molecule has 3 aliphatic rings. The molecule has 5 heterocycles. The highest BCUT2D eigenvalue weighted by atomic mass is 16.6. The lowest BCUT2D eigenvalue weighted by Crippen LogP contribution is -2.42. The van der Waals surface area contributed by atoms with Gasteiger partial charge in [0.2, 0.25) is 5.91 Å². The van der Waals surface area contributed by atoms with Gasteiger partial charge in [-0.1, -0.05) is 0 Å². The zero-order chi connectivity index (χ0) is 30.0. The largest absolute Gasteiger partial charge is 0.449 e. The maximum absolute atomic E-state index is 12.5. The number of nitrogens with zero attached hydrogens (tertiary/aromatic N) is 6. The van der Waals surface area contributed by atoms with Gasteiger partial charge in [-0.2, -0.15) is 0 Å². The molecule has 0 bridgehead atoms. The van der Waals surface area contributed by atoms with Crippen LogP contribution in [0.1, 0.15) is 51.1 Å². The number of ether oxygens (including phenoxy) is 2. The van der Waals surface area contributed by atoms with Crippen LogP contribution in [-0.2, 0) is 25.5 Å². The van der Waals surface area contributed by atoms with Gasteiger partial charge in [-0.15, -0.1) is 0 Å². The number of aryl methyl sites for hydroxylation is 1. The molecule has 42 heavy (non-hydrogen) atoms. The number of carbonyl (C=O) groups is 3. The topological polar surface area (TPSA) is 198 Å². The van der Waals surface area contributed by atoms with Crippen molar-refractivity contribution < 1.29 is 34.1 Å². The number of nitrogens with one attached hydrogen (secondary N) is 1. The molecular weight excluding hydrogens is 548 g/mol. The summed E-state index contributed by atoms with van der Waals surface area (Å²) < 4.78 is 12.6. The van der Waals surface area contributed by atoms with Crippen LogP contribution in [0.5, 0.6) is 0 Å². The van der Waals surface area contributed by atoms with Crippen molar-refractivity contribution in [3.63, 3.8) is 0 Å². The first-order chi connectivity index (χ1) is 20.2. The monoisotopic (exact) mass is 588 g/mol. The summed E-state index contributed by atoms with van der Waals surface area (Å²) in [6, 6.07) is 0. The molecule has 2 unspecified atom stereocenters. The summed E-state index contributed by atoms with van der Waals surface area (Å²) in [6.07, 6.45) is 0.709. The third-order valence-corrected chi connectivity index (χ3v) is 8.45. The van der Waals surface area contributed by atoms with E-state index in [9.17, 15) is 24.6 Å². The molecule has 0 aromatic carbocycles. The van der Waals surface area contributed by atoms with Gasteiger partial charge in [-0.3, -0.25) is 14.2 Å². The normalized spacial score (nSPS) is 26.8. The Balaban J connectivity index is 1.12. The van der Waals surface area contributed by atoms with Crippen LogP contribution in [-0.4, -0.2) is 116 Å². The first-order valence-electron chi connectivity index (χ1n) is 14.6. The maximum Gasteiger partial charge on any atom is 0.409 e. The molecule has 3 amide bonds. The number of aliphatic hydroxyl groups is 2. The van der Waals surface area contributed by atoms with E-state index in [2.05, 4.69) is 20.3 Å². The molecule has 3 aliphatic heterocycles. The number of imidazole rings is 1. The van der Waals surface area contributed by atoms with Gasteiger partial charge in [-0.25, -0.2) is 19.7 Å². The predicted molar refractivity (Wildman–Crippen MR) is 149 cm³/mol. The Bertz CT molecular complexity index is 1300. The number of nitrogen functional groups attached to an aromatic ring is 1. The van der Waals surface area contributed by atoms with Crippen molar-refractivity contribution in [2.24, 2.45) is 11.8 Å². The lowest BCUT2D eigenvalue weighted by Gasteiger charge is -2.31. The molecule has 2 aromatic rings. The van der Waals surface area contributed by atoms with Crippen molar-refractivity contribution in [2.75, 3.05) is 45.6 Å². The van der Waals surface area contributed by atoms with Crippen molar-refractivity contribution in [1.82, 2.24) is 34.6 Å². The SMILES string of the molecule is CCNC(=O)[C@H]1O[C@@H](n2cnc3c(N)nc(CCCC4CCN(C(=O)OCC5CCN(C)C5=O)CC4)nc32)C(O)[C@H]1O. The third-order valence-electron chi connectivity index (χ3n) is 8.45. The second kappa shape index (κ2) is 12.8. The summed E-state index contributed by atoms with van der Waals surface area (Å²) in [5.41, 5.74) is 6.86. The standard InChI is InChI=1S/C27H40N8O7/c1-3-29-24(38)21-19(36)20(37)26(42-21)35-14-30-18-22(28)31-17(32-23(18)35)6-4-5-15-7-11-34(12-8-15)27(40)41-13-16-9-10-33(2)25(16)39/h14-16,19-21,26,36-37H,3-13H2,1-2H3,(H,29,38)(H2,28,31,32)/t16?,19-,20?,21+,26-/m1/s1. The Morgan fingerprint density at radius 2 is 1.93 bits per heavy atom. The number of likely N-dealkylation sites (tertiary alicyclic amines) is 2. The summed E-state index contributed by atoms with van der Waals surface area (Å²) in [5, 5.41) is 23.6. The van der Waals surface area contributed by atoms with E-state index in [-0.39, 0.29) is 30.3 Å². The van der Waals surface area contributed by atoms with Gasteiger partial charge in [0, 0.05) is 39.6 Å². The van der Waals surface area contributed by atoms with E-state index in [1.807, 2.05) is 0 Å². The number of likely N-dealkylation sites (N-methyl/N-ethyl adjacent to an activating group) is 1. The van der Waals surface area contributed by atoms with Crippen LogP contribution in [0.2, 0.25) is 0 Å². The Morgan fingerprint density at radius 1 is 1.17 bits per heavy atom. The highest BCUT2D eigenvalue weighted by Gasteiger charge is 2.47. The molecule has 0 spiro atoms. The van der Waals surface area contributed by atoms with Crippen LogP contribution in [0.15, 0.2) is 6.33 Å². The number of carbonyl (C=O) groups excluding carboxylic acids is 3. The van der Waals surface area contributed by atoms with Crippen LogP contribution in [0.3, 0.4) is 0 Å². The molecule has 5 atom stereocenters. The highest BCUT2D eigenvalue weighted by molar-refractivity contribution is 5.83. The van der Waals surface area contributed by atoms with Crippen LogP contribution in [0.25, 0.3) is 11.2 Å². The summed E-state index contributed by atoms with van der Waals surface area (Å²) >= 11 is 0. The van der Waals surface area contributed by atoms with Gasteiger partial charge < -0.3 is 40.5 Å². The second-order valence-corrected chi connectivity index (χ2v) is 11.3. The molecule has 15 nitrogen and oxygen atoms in total. The van der Waals surface area contributed by atoms with Crippen molar-refractivity contribution in [3.8, 4) is 0 Å². The fraction of sp³-hybridized carbons (Fsp3) is 0.704. The van der Waals surface area contributed by atoms with E-state index in [0.29, 0.717) is 61.9 Å². The number of rotatable bonds is 9. The zero-order valence-corrected chi connectivity index (χ0v) is 24.0. The van der Waals surface area contributed by atoms with Crippen LogP contribution < -0.4 is 11.1 Å². The number of piperidine rings is 1. The molecule has 3 saturated heterocycles. The van der Waals surface area contributed by atoms with E-state index < -0.39 is 30.4 Å². The summed E-state index contributed by atoms with van der Waals surface area (Å²) in [7, 11) is 1.76. The quantitative estimate of drug-likeness (QED) is 0.303. The third kappa shape index (κ3) is 6.13. The molecular formula is C27H40N8O7. The summed E-state index contributed by atoms with van der Waals surface area (Å²) in [6.45, 7) is 4.17. The molecule has 0 aliphatic carbocycles. The number of nitrogens with two attached hydrogens (primary N) is 1. The molecule has 0 radical (unpaired) electrons. The first kappa shape index (κ1) is 29.9. The summed E-state index contributed by atoms with van der Waals surface area (Å²) in [4.78, 5) is 53.5. The molecule has 5 rings (SSSR count). The van der Waals surface area contributed by atoms with E-state index in [0.717, 1.165) is 25.7 Å². The minimum Gasteiger partial charge on any atom is -0.449 e. The van der Waals surface area contributed by atoms with Crippen LogP contribution in [0, 0.1) is 11.8 Å². The van der Waals surface area contributed by atoms with Gasteiger partial charge >= 0.3 is 6.09 Å². The number of anilines is 1. The Labute approximate surface area is 243 Å². The Morgan fingerprint density at radius 3 is 2.62 bits per heavy atom. The average Bonchev–Trinajstić information content (AvgIpc) is 3.63. The zero-order valence-electron chi connectivity index (χ0n) is 24.0. The lowest BCUT2D eigenvalue weighted by atomic mass is 9.91. The molecule has 3 fully saturated rings. The van der Waals surface area contributed by atoms with E-state index in [1.54, 1.807) is 23.8 Å². The number of aromatic nitrogens is 4. The molecule has 2 aromatic heterocycles. The van der Waals surface area contributed by atoms with Gasteiger partial charge in [0.1, 0.15) is 30.2 Å². The van der Waals surface area contributed by atoms with E-state index >= 15 is 0 Å². The lowest BCUT2D eigenvalue weighted by molar-refractivity contribution is -0.137. The van der Waals surface area contributed by atoms with Crippen molar-refractivity contribution in [1.29, 1.82) is 0 Å². The van der Waals surface area contributed by atoms with Gasteiger partial charge in [0.25, 0.3) is 5.91 Å². The smallest absolute Gasteiger partial charge is 0.409 e. The number of hydrogen-bond donors (Lipinski definition) is 4. The fourth-order valence-electron chi connectivity index (χ4n) is 5.93. The Kier molecular flexibility index (Phi) is 9.08. The van der Waals surface area contributed by atoms with Crippen LogP contribution in [0.4, 0.5) is 10.6 Å². The Hall–Kier alpha value is -3.56. The molecule has 230 valence electrons. The first-order valence-corrected chi connectivity index (χ1v) is 14.6. The summed E-state index contributed by atoms with van der Waals surface area (Å²) in [5.74, 6) is 0.437. The van der Waals surface area contributed by atoms with Crippen molar-refractivity contribution in [3.05, 3.63) is 12.2 Å². The molecule has 0 saturated carbocycles. The highest BCUT2D eigenvalue weighted by Crippen LogP contribution is 2.32.